The third-order valence-corrected chi connectivity index (χ3v) is 2.40. The number of Topliss-reactive ketones (excluding diaryl/α,β-unsaturated/α-hetero) is 1. The lowest BCUT2D eigenvalue weighted by atomic mass is 10.1. The zero-order valence-corrected chi connectivity index (χ0v) is 10.5. The first-order chi connectivity index (χ1) is 7.02. The minimum Gasteiger partial charge on any atom is -0.434 e. The topological polar surface area (TPSA) is 26.3 Å². The van der Waals surface area contributed by atoms with Gasteiger partial charge < -0.3 is 4.74 Å². The van der Waals surface area contributed by atoms with Crippen molar-refractivity contribution in [3.8, 4) is 5.75 Å². The molecule has 0 fully saturated rings. The molecule has 15 heavy (non-hydrogen) atoms. The van der Waals surface area contributed by atoms with Crippen molar-refractivity contribution in [3.05, 3.63) is 29.8 Å². The average Bonchev–Trinajstić information content (AvgIpc) is 2.16. The number of ether oxygens (including phenoxy) is 1. The second-order valence-corrected chi connectivity index (χ2v) is 5.60. The van der Waals surface area contributed by atoms with Gasteiger partial charge in [0.2, 0.25) is 0 Å². The van der Waals surface area contributed by atoms with Crippen LogP contribution in [0.3, 0.4) is 0 Å². The maximum Gasteiger partial charge on any atom is 0.387 e. The summed E-state index contributed by atoms with van der Waals surface area (Å²) < 4.78 is 27.6. The molecule has 82 valence electrons. The number of hydrogen-bond acceptors (Lipinski definition) is 2. The van der Waals surface area contributed by atoms with E-state index in [0.29, 0.717) is 0 Å². The lowest BCUT2D eigenvalue weighted by molar-refractivity contribution is -0.0501. The number of ketones is 1. The quantitative estimate of drug-likeness (QED) is 0.617. The van der Waals surface area contributed by atoms with E-state index >= 15 is 0 Å². The Labute approximate surface area is 102 Å². The van der Waals surface area contributed by atoms with Gasteiger partial charge in [-0.05, 0) is 12.1 Å². The van der Waals surface area contributed by atoms with Crippen LogP contribution in [0.4, 0.5) is 8.78 Å². The van der Waals surface area contributed by atoms with Crippen molar-refractivity contribution in [1.29, 1.82) is 0 Å². The molecular weight excluding hydrogens is 338 g/mol. The highest BCUT2D eigenvalue weighted by Gasteiger charge is 2.19. The molecule has 0 atom stereocenters. The molecule has 0 aliphatic heterocycles. The van der Waals surface area contributed by atoms with Crippen molar-refractivity contribution in [1.82, 2.24) is 0 Å². The summed E-state index contributed by atoms with van der Waals surface area (Å²) >= 11 is 6.00. The minimum absolute atomic E-state index is 0.108. The molecule has 0 N–H and O–H groups in total. The van der Waals surface area contributed by atoms with Gasteiger partial charge in [-0.2, -0.15) is 8.78 Å². The summed E-state index contributed by atoms with van der Waals surface area (Å²) in [5, 5.41) is 0. The largest absolute Gasteiger partial charge is 0.434 e. The van der Waals surface area contributed by atoms with Crippen molar-refractivity contribution in [2.24, 2.45) is 0 Å². The number of alkyl halides is 4. The van der Waals surface area contributed by atoms with Crippen LogP contribution in [-0.4, -0.2) is 16.1 Å². The van der Waals surface area contributed by atoms with Gasteiger partial charge in [0.15, 0.2) is 5.78 Å². The summed E-state index contributed by atoms with van der Waals surface area (Å²) in [6.07, 6.45) is 0. The zero-order chi connectivity index (χ0) is 11.4. The second kappa shape index (κ2) is 5.55. The molecule has 0 saturated carbocycles. The van der Waals surface area contributed by atoms with Crippen LogP contribution in [0.5, 0.6) is 5.75 Å². The first kappa shape index (κ1) is 12.6. The van der Waals surface area contributed by atoms with E-state index in [-0.39, 0.29) is 17.1 Å². The van der Waals surface area contributed by atoms with Crippen molar-refractivity contribution < 1.29 is 18.3 Å². The van der Waals surface area contributed by atoms with Crippen LogP contribution in [-0.2, 0) is 0 Å². The van der Waals surface area contributed by atoms with E-state index in [1.807, 2.05) is 0 Å². The molecule has 6 heteroatoms. The number of para-hydroxylation sites is 1. The second-order valence-electron chi connectivity index (χ2n) is 2.54. The highest BCUT2D eigenvalue weighted by Crippen LogP contribution is 2.25. The summed E-state index contributed by atoms with van der Waals surface area (Å²) in [6, 6.07) is 5.84. The van der Waals surface area contributed by atoms with Crippen molar-refractivity contribution >= 4 is 37.6 Å². The monoisotopic (exact) mass is 342 g/mol. The van der Waals surface area contributed by atoms with Gasteiger partial charge in [-0.1, -0.05) is 44.0 Å². The lowest BCUT2D eigenvalue weighted by Gasteiger charge is -2.09. The molecule has 0 saturated heterocycles. The van der Waals surface area contributed by atoms with Crippen molar-refractivity contribution in [2.75, 3.05) is 0 Å². The predicted molar refractivity (Wildman–Crippen MR) is 59.0 cm³/mol. The molecule has 0 aromatic heterocycles. The number of hydrogen-bond donors (Lipinski definition) is 0. The van der Waals surface area contributed by atoms with Crippen molar-refractivity contribution in [2.45, 2.75) is 10.3 Å². The normalized spacial score (nSPS) is 10.8. The van der Waals surface area contributed by atoms with E-state index in [1.165, 1.54) is 18.2 Å². The van der Waals surface area contributed by atoms with Crippen LogP contribution in [0.1, 0.15) is 10.4 Å². The molecular formula is C9H6Br2F2O2. The van der Waals surface area contributed by atoms with Crippen molar-refractivity contribution in [3.63, 3.8) is 0 Å². The molecule has 2 nitrogen and oxygen atoms in total. The third-order valence-electron chi connectivity index (χ3n) is 1.57. The Morgan fingerprint density at radius 3 is 2.40 bits per heavy atom. The Morgan fingerprint density at radius 2 is 1.87 bits per heavy atom. The van der Waals surface area contributed by atoms with Crippen LogP contribution in [0.2, 0.25) is 0 Å². The number of rotatable bonds is 4. The maximum atomic E-state index is 12.0. The molecule has 0 spiro atoms. The minimum atomic E-state index is -2.94. The van der Waals surface area contributed by atoms with E-state index < -0.39 is 10.3 Å². The highest BCUT2D eigenvalue weighted by molar-refractivity contribution is 9.25. The highest BCUT2D eigenvalue weighted by atomic mass is 79.9. The molecule has 0 amide bonds. The van der Waals surface area contributed by atoms with Gasteiger partial charge in [-0.15, -0.1) is 0 Å². The predicted octanol–water partition coefficient (Wildman–Crippen LogP) is 3.59. The Balaban J connectivity index is 3.01. The molecule has 0 bridgehead atoms. The van der Waals surface area contributed by atoms with E-state index in [2.05, 4.69) is 36.6 Å². The van der Waals surface area contributed by atoms with Gasteiger partial charge in [0.1, 0.15) is 9.49 Å². The van der Waals surface area contributed by atoms with Gasteiger partial charge in [-0.25, -0.2) is 0 Å². The first-order valence-corrected chi connectivity index (χ1v) is 5.71. The Hall–Kier alpha value is -0.490. The van der Waals surface area contributed by atoms with E-state index in [0.717, 1.165) is 0 Å². The van der Waals surface area contributed by atoms with Crippen LogP contribution in [0.25, 0.3) is 0 Å². The van der Waals surface area contributed by atoms with E-state index in [4.69, 9.17) is 0 Å². The van der Waals surface area contributed by atoms with Gasteiger partial charge in [0.25, 0.3) is 0 Å². The third kappa shape index (κ3) is 3.53. The van der Waals surface area contributed by atoms with Crippen LogP contribution in [0.15, 0.2) is 24.3 Å². The van der Waals surface area contributed by atoms with Crippen LogP contribution < -0.4 is 4.74 Å². The average molecular weight is 344 g/mol. The Morgan fingerprint density at radius 1 is 1.27 bits per heavy atom. The Kier molecular flexibility index (Phi) is 4.66. The SMILES string of the molecule is O=C(c1ccccc1OC(F)F)C(Br)Br. The number of carbonyl (C=O) groups excluding carboxylic acids is 1. The summed E-state index contributed by atoms with van der Waals surface area (Å²) in [5.74, 6) is -0.493. The fourth-order valence-electron chi connectivity index (χ4n) is 0.986. The molecule has 1 aromatic rings. The molecule has 0 radical (unpaired) electrons. The first-order valence-electron chi connectivity index (χ1n) is 3.88. The zero-order valence-electron chi connectivity index (χ0n) is 7.29. The fraction of sp³-hybridized carbons (Fsp3) is 0.222. The molecule has 0 unspecified atom stereocenters. The summed E-state index contributed by atoms with van der Waals surface area (Å²) in [6.45, 7) is -2.94. The number of benzene rings is 1. The standard InChI is InChI=1S/C9H6Br2F2O2/c10-8(11)7(14)5-3-1-2-4-6(5)15-9(12)13/h1-4,8-9H. The maximum absolute atomic E-state index is 12.0. The Bertz CT molecular complexity index is 356. The summed E-state index contributed by atoms with van der Waals surface area (Å²) in [5.41, 5.74) is 0.108. The van der Waals surface area contributed by atoms with E-state index in [9.17, 15) is 13.6 Å². The smallest absolute Gasteiger partial charge is 0.387 e. The molecule has 0 aliphatic carbocycles. The number of carbonyl (C=O) groups is 1. The lowest BCUT2D eigenvalue weighted by Crippen LogP contribution is -2.11. The molecule has 1 rings (SSSR count). The van der Waals surface area contributed by atoms with Gasteiger partial charge in [0.05, 0.1) is 5.56 Å². The van der Waals surface area contributed by atoms with E-state index in [1.54, 1.807) is 6.07 Å². The fourth-order valence-corrected chi connectivity index (χ4v) is 1.48. The molecule has 1 aromatic carbocycles. The number of halogens is 4. The molecule has 0 heterocycles. The van der Waals surface area contributed by atoms with Gasteiger partial charge in [0, 0.05) is 0 Å². The van der Waals surface area contributed by atoms with Crippen LogP contribution >= 0.6 is 31.9 Å². The van der Waals surface area contributed by atoms with Gasteiger partial charge in [-0.3, -0.25) is 4.79 Å². The molecule has 0 aliphatic rings. The summed E-state index contributed by atoms with van der Waals surface area (Å²) in [7, 11) is 0. The van der Waals surface area contributed by atoms with Gasteiger partial charge >= 0.3 is 6.61 Å². The summed E-state index contributed by atoms with van der Waals surface area (Å²) in [4.78, 5) is 11.5. The van der Waals surface area contributed by atoms with Crippen LogP contribution in [0, 0.1) is 0 Å².